The van der Waals surface area contributed by atoms with Crippen molar-refractivity contribution in [2.24, 2.45) is 11.3 Å². The Morgan fingerprint density at radius 3 is 2.74 bits per heavy atom. The van der Waals surface area contributed by atoms with E-state index >= 15 is 0 Å². The number of likely N-dealkylation sites (N-methyl/N-ethyl adjacent to an activating group) is 1. The lowest BCUT2D eigenvalue weighted by Crippen LogP contribution is -2.41. The number of amides is 1. The summed E-state index contributed by atoms with van der Waals surface area (Å²) in [5.41, 5.74) is 1.64. The van der Waals surface area contributed by atoms with Crippen molar-refractivity contribution in [1.82, 2.24) is 15.5 Å². The summed E-state index contributed by atoms with van der Waals surface area (Å²) in [5.74, 6) is 0.531. The van der Waals surface area contributed by atoms with Crippen LogP contribution in [0.5, 0.6) is 0 Å². The van der Waals surface area contributed by atoms with E-state index in [9.17, 15) is 4.79 Å². The van der Waals surface area contributed by atoms with Gasteiger partial charge in [-0.15, -0.1) is 0 Å². The molecule has 3 rings (SSSR count). The third kappa shape index (κ3) is 3.93. The average molecular weight is 315 g/mol. The van der Waals surface area contributed by atoms with Crippen LogP contribution in [-0.2, 0) is 11.3 Å². The molecule has 0 aromatic heterocycles. The minimum atomic E-state index is 0.260. The maximum absolute atomic E-state index is 12.4. The van der Waals surface area contributed by atoms with E-state index in [0.717, 1.165) is 45.4 Å². The van der Waals surface area contributed by atoms with Crippen molar-refractivity contribution in [2.45, 2.75) is 38.8 Å². The molecule has 2 atom stereocenters. The highest BCUT2D eigenvalue weighted by Gasteiger charge is 2.57. The van der Waals surface area contributed by atoms with Gasteiger partial charge in [-0.1, -0.05) is 30.3 Å². The lowest BCUT2D eigenvalue weighted by molar-refractivity contribution is -0.123. The van der Waals surface area contributed by atoms with Gasteiger partial charge >= 0.3 is 0 Å². The predicted octanol–water partition coefficient (Wildman–Crippen LogP) is 2.01. The SMILES string of the molecule is CC(CNC(=O)C1CC12CCNCC2)N(C)Cc1ccccc1. The van der Waals surface area contributed by atoms with Gasteiger partial charge < -0.3 is 10.6 Å². The Morgan fingerprint density at radius 1 is 1.35 bits per heavy atom. The number of rotatable bonds is 6. The van der Waals surface area contributed by atoms with Gasteiger partial charge in [-0.25, -0.2) is 0 Å². The number of hydrogen-bond donors (Lipinski definition) is 2. The fourth-order valence-corrected chi connectivity index (χ4v) is 3.75. The molecule has 4 nitrogen and oxygen atoms in total. The normalized spacial score (nSPS) is 23.7. The first-order chi connectivity index (χ1) is 11.1. The zero-order valence-corrected chi connectivity index (χ0v) is 14.3. The monoisotopic (exact) mass is 315 g/mol. The first kappa shape index (κ1) is 16.5. The lowest BCUT2D eigenvalue weighted by Gasteiger charge is -2.26. The second kappa shape index (κ2) is 7.02. The Hall–Kier alpha value is -1.39. The van der Waals surface area contributed by atoms with Gasteiger partial charge in [0.15, 0.2) is 0 Å². The van der Waals surface area contributed by atoms with Crippen molar-refractivity contribution in [3.63, 3.8) is 0 Å². The number of nitrogens with zero attached hydrogens (tertiary/aromatic N) is 1. The molecule has 0 bridgehead atoms. The number of carbonyl (C=O) groups excluding carboxylic acids is 1. The summed E-state index contributed by atoms with van der Waals surface area (Å²) in [6.07, 6.45) is 3.41. The molecule has 0 radical (unpaired) electrons. The van der Waals surface area contributed by atoms with Gasteiger partial charge in [0.25, 0.3) is 0 Å². The van der Waals surface area contributed by atoms with Crippen LogP contribution in [0, 0.1) is 11.3 Å². The summed E-state index contributed by atoms with van der Waals surface area (Å²) in [7, 11) is 2.12. The highest BCUT2D eigenvalue weighted by atomic mass is 16.2. The first-order valence-corrected chi connectivity index (χ1v) is 8.83. The minimum absolute atomic E-state index is 0.260. The summed E-state index contributed by atoms with van der Waals surface area (Å²) in [5, 5.41) is 6.57. The Labute approximate surface area is 139 Å². The second-order valence-electron chi connectivity index (χ2n) is 7.36. The summed E-state index contributed by atoms with van der Waals surface area (Å²) < 4.78 is 0. The van der Waals surface area contributed by atoms with Crippen LogP contribution >= 0.6 is 0 Å². The predicted molar refractivity (Wildman–Crippen MR) is 93.0 cm³/mol. The molecule has 1 amide bonds. The zero-order chi connectivity index (χ0) is 16.3. The van der Waals surface area contributed by atoms with E-state index in [1.54, 1.807) is 0 Å². The fourth-order valence-electron chi connectivity index (χ4n) is 3.75. The molecule has 2 unspecified atom stereocenters. The number of piperidine rings is 1. The van der Waals surface area contributed by atoms with E-state index in [1.807, 2.05) is 6.07 Å². The van der Waals surface area contributed by atoms with E-state index in [4.69, 9.17) is 0 Å². The number of nitrogens with one attached hydrogen (secondary N) is 2. The van der Waals surface area contributed by atoms with E-state index in [-0.39, 0.29) is 11.8 Å². The Kier molecular flexibility index (Phi) is 5.02. The maximum atomic E-state index is 12.4. The van der Waals surface area contributed by atoms with Crippen LogP contribution in [0.3, 0.4) is 0 Å². The van der Waals surface area contributed by atoms with Crippen molar-refractivity contribution in [3.8, 4) is 0 Å². The van der Waals surface area contributed by atoms with Gasteiger partial charge in [0.2, 0.25) is 5.91 Å². The van der Waals surface area contributed by atoms with Crippen LogP contribution in [-0.4, -0.2) is 43.5 Å². The molecule has 1 aliphatic carbocycles. The molecule has 4 heteroatoms. The third-order valence-corrected chi connectivity index (χ3v) is 5.70. The molecule has 1 spiro atoms. The van der Waals surface area contributed by atoms with Gasteiger partial charge in [-0.05, 0) is 57.3 Å². The molecular formula is C19H29N3O. The molecule has 2 N–H and O–H groups in total. The van der Waals surface area contributed by atoms with E-state index in [1.165, 1.54) is 5.56 Å². The quantitative estimate of drug-likeness (QED) is 0.844. The molecular weight excluding hydrogens is 286 g/mol. The Balaban J connectivity index is 1.42. The summed E-state index contributed by atoms with van der Waals surface area (Å²) >= 11 is 0. The van der Waals surface area contributed by atoms with Crippen LogP contribution in [0.15, 0.2) is 30.3 Å². The van der Waals surface area contributed by atoms with E-state index < -0.39 is 0 Å². The number of hydrogen-bond acceptors (Lipinski definition) is 3. The van der Waals surface area contributed by atoms with Gasteiger partial charge in [0.05, 0.1) is 0 Å². The first-order valence-electron chi connectivity index (χ1n) is 8.83. The lowest BCUT2D eigenvalue weighted by atomic mass is 9.92. The molecule has 1 saturated carbocycles. The number of carbonyl (C=O) groups is 1. The molecule has 2 fully saturated rings. The van der Waals surface area contributed by atoms with Crippen LogP contribution in [0.2, 0.25) is 0 Å². The summed E-state index contributed by atoms with van der Waals surface area (Å²) in [6, 6.07) is 10.8. The van der Waals surface area contributed by atoms with Crippen molar-refractivity contribution < 1.29 is 4.79 Å². The van der Waals surface area contributed by atoms with Gasteiger partial charge in [-0.3, -0.25) is 9.69 Å². The maximum Gasteiger partial charge on any atom is 0.223 e. The summed E-state index contributed by atoms with van der Waals surface area (Å²) in [4.78, 5) is 14.7. The molecule has 126 valence electrons. The van der Waals surface area contributed by atoms with Crippen LogP contribution < -0.4 is 10.6 Å². The molecule has 23 heavy (non-hydrogen) atoms. The Morgan fingerprint density at radius 2 is 2.04 bits per heavy atom. The van der Waals surface area contributed by atoms with Gasteiger partial charge in [0, 0.05) is 25.0 Å². The van der Waals surface area contributed by atoms with Crippen molar-refractivity contribution in [3.05, 3.63) is 35.9 Å². The van der Waals surface area contributed by atoms with E-state index in [2.05, 4.69) is 53.8 Å². The second-order valence-corrected chi connectivity index (χ2v) is 7.36. The van der Waals surface area contributed by atoms with Gasteiger partial charge in [-0.2, -0.15) is 0 Å². The smallest absolute Gasteiger partial charge is 0.223 e. The van der Waals surface area contributed by atoms with Crippen molar-refractivity contribution >= 4 is 5.91 Å². The largest absolute Gasteiger partial charge is 0.354 e. The van der Waals surface area contributed by atoms with Crippen molar-refractivity contribution in [2.75, 3.05) is 26.7 Å². The molecule has 1 aromatic rings. The zero-order valence-electron chi connectivity index (χ0n) is 14.3. The van der Waals surface area contributed by atoms with Crippen molar-refractivity contribution in [1.29, 1.82) is 0 Å². The molecule has 1 saturated heterocycles. The Bertz CT molecular complexity index is 525. The fraction of sp³-hybridized carbons (Fsp3) is 0.632. The minimum Gasteiger partial charge on any atom is -0.354 e. The highest BCUT2D eigenvalue weighted by molar-refractivity contribution is 5.82. The standard InChI is InChI=1S/C19H29N3O/c1-15(22(2)14-16-6-4-3-5-7-16)13-21-18(23)17-12-19(17)8-10-20-11-9-19/h3-7,15,17,20H,8-14H2,1-2H3,(H,21,23). The van der Waals surface area contributed by atoms with Crippen LogP contribution in [0.1, 0.15) is 31.7 Å². The average Bonchev–Trinajstić information content (AvgIpc) is 3.27. The third-order valence-electron chi connectivity index (χ3n) is 5.70. The molecule has 1 aliphatic heterocycles. The molecule has 1 heterocycles. The number of benzene rings is 1. The topological polar surface area (TPSA) is 44.4 Å². The van der Waals surface area contributed by atoms with Crippen LogP contribution in [0.4, 0.5) is 0 Å². The van der Waals surface area contributed by atoms with E-state index in [0.29, 0.717) is 11.5 Å². The summed E-state index contributed by atoms with van der Waals surface area (Å²) in [6.45, 7) is 5.96. The van der Waals surface area contributed by atoms with Crippen LogP contribution in [0.25, 0.3) is 0 Å². The highest BCUT2D eigenvalue weighted by Crippen LogP contribution is 2.58. The molecule has 2 aliphatic rings. The van der Waals surface area contributed by atoms with Gasteiger partial charge in [0.1, 0.15) is 0 Å². The molecule has 1 aromatic carbocycles.